The molecule has 0 radical (unpaired) electrons. The molecule has 1 aromatic carbocycles. The summed E-state index contributed by atoms with van der Waals surface area (Å²) in [5.74, 6) is 0.828. The van der Waals surface area contributed by atoms with Crippen LogP contribution < -0.4 is 0 Å². The SMILES string of the molecule is c1ccc(CC2CCN(Cc3cn4ccccc4n3)CC2)cc1. The highest BCUT2D eigenvalue weighted by molar-refractivity contribution is 5.39. The number of fused-ring (bicyclic) bond motifs is 1. The van der Waals surface area contributed by atoms with Gasteiger partial charge < -0.3 is 4.40 Å². The number of rotatable bonds is 4. The average molecular weight is 305 g/mol. The lowest BCUT2D eigenvalue weighted by molar-refractivity contribution is 0.175. The molecule has 0 atom stereocenters. The van der Waals surface area contributed by atoms with Crippen molar-refractivity contribution in [1.82, 2.24) is 14.3 Å². The van der Waals surface area contributed by atoms with Crippen molar-refractivity contribution in [3.63, 3.8) is 0 Å². The van der Waals surface area contributed by atoms with E-state index in [4.69, 9.17) is 4.98 Å². The van der Waals surface area contributed by atoms with Gasteiger partial charge in [-0.15, -0.1) is 0 Å². The molecule has 0 amide bonds. The number of imidazole rings is 1. The van der Waals surface area contributed by atoms with Crippen LogP contribution in [-0.2, 0) is 13.0 Å². The first-order valence-electron chi connectivity index (χ1n) is 8.56. The van der Waals surface area contributed by atoms with Gasteiger partial charge in [-0.3, -0.25) is 4.90 Å². The lowest BCUT2D eigenvalue weighted by Crippen LogP contribution is -2.33. The van der Waals surface area contributed by atoms with E-state index in [0.29, 0.717) is 0 Å². The van der Waals surface area contributed by atoms with Gasteiger partial charge in [0.1, 0.15) is 5.65 Å². The minimum absolute atomic E-state index is 0.828. The molecule has 3 heteroatoms. The Morgan fingerprint density at radius 3 is 2.52 bits per heavy atom. The summed E-state index contributed by atoms with van der Waals surface area (Å²) in [6.07, 6.45) is 8.04. The van der Waals surface area contributed by atoms with Gasteiger partial charge in [0.05, 0.1) is 5.69 Å². The van der Waals surface area contributed by atoms with Crippen LogP contribution in [0.5, 0.6) is 0 Å². The number of hydrogen-bond donors (Lipinski definition) is 0. The van der Waals surface area contributed by atoms with Crippen molar-refractivity contribution in [2.24, 2.45) is 5.92 Å². The predicted molar refractivity (Wildman–Crippen MR) is 93.3 cm³/mol. The number of nitrogens with zero attached hydrogens (tertiary/aromatic N) is 3. The number of piperidine rings is 1. The molecule has 0 aliphatic carbocycles. The fourth-order valence-corrected chi connectivity index (χ4v) is 3.59. The Hall–Kier alpha value is -2.13. The van der Waals surface area contributed by atoms with Crippen molar-refractivity contribution >= 4 is 5.65 Å². The van der Waals surface area contributed by atoms with Crippen LogP contribution in [0.1, 0.15) is 24.1 Å². The van der Waals surface area contributed by atoms with Gasteiger partial charge in [-0.25, -0.2) is 4.98 Å². The molecule has 4 rings (SSSR count). The second-order valence-electron chi connectivity index (χ2n) is 6.61. The average Bonchev–Trinajstić information content (AvgIpc) is 3.00. The van der Waals surface area contributed by atoms with Gasteiger partial charge in [-0.2, -0.15) is 0 Å². The molecule has 3 heterocycles. The second-order valence-corrected chi connectivity index (χ2v) is 6.61. The summed E-state index contributed by atoms with van der Waals surface area (Å²) in [4.78, 5) is 7.26. The quantitative estimate of drug-likeness (QED) is 0.731. The van der Waals surface area contributed by atoms with Gasteiger partial charge in [0.2, 0.25) is 0 Å². The van der Waals surface area contributed by atoms with Crippen molar-refractivity contribution in [2.75, 3.05) is 13.1 Å². The highest BCUT2D eigenvalue weighted by Gasteiger charge is 2.20. The van der Waals surface area contributed by atoms with E-state index in [-0.39, 0.29) is 0 Å². The highest BCUT2D eigenvalue weighted by Crippen LogP contribution is 2.22. The Bertz CT molecular complexity index is 722. The van der Waals surface area contributed by atoms with Crippen LogP contribution in [0, 0.1) is 5.92 Å². The first kappa shape index (κ1) is 14.5. The van der Waals surface area contributed by atoms with Crippen molar-refractivity contribution in [3.8, 4) is 0 Å². The number of aromatic nitrogens is 2. The minimum atomic E-state index is 0.828. The number of hydrogen-bond acceptors (Lipinski definition) is 2. The molecule has 1 aliphatic rings. The molecule has 0 bridgehead atoms. The molecule has 3 aromatic rings. The summed E-state index contributed by atoms with van der Waals surface area (Å²) in [7, 11) is 0. The largest absolute Gasteiger partial charge is 0.307 e. The maximum absolute atomic E-state index is 4.71. The normalized spacial score (nSPS) is 16.9. The first-order valence-corrected chi connectivity index (χ1v) is 8.56. The van der Waals surface area contributed by atoms with Crippen LogP contribution in [0.2, 0.25) is 0 Å². The fraction of sp³-hybridized carbons (Fsp3) is 0.350. The smallest absolute Gasteiger partial charge is 0.137 e. The molecule has 0 N–H and O–H groups in total. The highest BCUT2D eigenvalue weighted by atomic mass is 15.1. The van der Waals surface area contributed by atoms with E-state index in [1.807, 2.05) is 12.1 Å². The third-order valence-electron chi connectivity index (χ3n) is 4.87. The maximum Gasteiger partial charge on any atom is 0.137 e. The van der Waals surface area contributed by atoms with Crippen LogP contribution in [0.4, 0.5) is 0 Å². The number of pyridine rings is 1. The fourth-order valence-electron chi connectivity index (χ4n) is 3.59. The van der Waals surface area contributed by atoms with Crippen LogP contribution in [-0.4, -0.2) is 27.4 Å². The summed E-state index contributed by atoms with van der Waals surface area (Å²) < 4.78 is 2.11. The molecule has 2 aromatic heterocycles. The van der Waals surface area contributed by atoms with Gasteiger partial charge in [-0.1, -0.05) is 36.4 Å². The second kappa shape index (κ2) is 6.55. The van der Waals surface area contributed by atoms with Crippen molar-refractivity contribution in [3.05, 3.63) is 72.2 Å². The molecule has 1 fully saturated rings. The third-order valence-corrected chi connectivity index (χ3v) is 4.87. The van der Waals surface area contributed by atoms with Crippen LogP contribution >= 0.6 is 0 Å². The van der Waals surface area contributed by atoms with E-state index >= 15 is 0 Å². The van der Waals surface area contributed by atoms with Gasteiger partial charge in [0.15, 0.2) is 0 Å². The Kier molecular flexibility index (Phi) is 4.12. The molecule has 118 valence electrons. The summed E-state index contributed by atoms with van der Waals surface area (Å²) in [6, 6.07) is 17.1. The Labute approximate surface area is 137 Å². The Morgan fingerprint density at radius 1 is 0.957 bits per heavy atom. The van der Waals surface area contributed by atoms with Crippen LogP contribution in [0.25, 0.3) is 5.65 Å². The number of likely N-dealkylation sites (tertiary alicyclic amines) is 1. The maximum atomic E-state index is 4.71. The van der Waals surface area contributed by atoms with E-state index in [2.05, 4.69) is 58.1 Å². The van der Waals surface area contributed by atoms with E-state index < -0.39 is 0 Å². The summed E-state index contributed by atoms with van der Waals surface area (Å²) in [5, 5.41) is 0. The van der Waals surface area contributed by atoms with E-state index in [9.17, 15) is 0 Å². The third kappa shape index (κ3) is 3.45. The Morgan fingerprint density at radius 2 is 1.74 bits per heavy atom. The first-order chi connectivity index (χ1) is 11.4. The molecule has 1 aliphatic heterocycles. The minimum Gasteiger partial charge on any atom is -0.307 e. The monoisotopic (exact) mass is 305 g/mol. The van der Waals surface area contributed by atoms with Crippen molar-refractivity contribution in [2.45, 2.75) is 25.8 Å². The lowest BCUT2D eigenvalue weighted by atomic mass is 9.90. The van der Waals surface area contributed by atoms with E-state index in [1.54, 1.807) is 0 Å². The zero-order valence-corrected chi connectivity index (χ0v) is 13.4. The van der Waals surface area contributed by atoms with Crippen molar-refractivity contribution < 1.29 is 0 Å². The van der Waals surface area contributed by atoms with Crippen molar-refractivity contribution in [1.29, 1.82) is 0 Å². The summed E-state index contributed by atoms with van der Waals surface area (Å²) in [5.41, 5.74) is 3.70. The van der Waals surface area contributed by atoms with E-state index in [1.165, 1.54) is 43.6 Å². The zero-order chi connectivity index (χ0) is 15.5. The topological polar surface area (TPSA) is 20.5 Å². The number of benzene rings is 1. The predicted octanol–water partition coefficient (Wildman–Crippen LogP) is 3.79. The zero-order valence-electron chi connectivity index (χ0n) is 13.4. The van der Waals surface area contributed by atoms with E-state index in [0.717, 1.165) is 18.1 Å². The van der Waals surface area contributed by atoms with Crippen LogP contribution in [0.15, 0.2) is 60.9 Å². The Balaban J connectivity index is 1.32. The van der Waals surface area contributed by atoms with Crippen LogP contribution in [0.3, 0.4) is 0 Å². The molecule has 0 spiro atoms. The molecular weight excluding hydrogens is 282 g/mol. The lowest BCUT2D eigenvalue weighted by Gasteiger charge is -2.31. The molecule has 23 heavy (non-hydrogen) atoms. The van der Waals surface area contributed by atoms with Gasteiger partial charge in [-0.05, 0) is 56.0 Å². The molecule has 3 nitrogen and oxygen atoms in total. The molecular formula is C20H23N3. The van der Waals surface area contributed by atoms with Gasteiger partial charge in [0.25, 0.3) is 0 Å². The molecule has 0 saturated carbocycles. The molecule has 1 saturated heterocycles. The van der Waals surface area contributed by atoms with Gasteiger partial charge in [0, 0.05) is 18.9 Å². The molecule has 0 unspecified atom stereocenters. The summed E-state index contributed by atoms with van der Waals surface area (Å²) >= 11 is 0. The summed E-state index contributed by atoms with van der Waals surface area (Å²) in [6.45, 7) is 3.34. The van der Waals surface area contributed by atoms with Gasteiger partial charge >= 0.3 is 0 Å². The standard InChI is InChI=1S/C20H23N3/c1-2-6-17(7-3-1)14-18-9-12-22(13-10-18)15-19-16-23-11-5-4-8-20(23)21-19/h1-8,11,16,18H,9-10,12-15H2.